The van der Waals surface area contributed by atoms with Gasteiger partial charge >= 0.3 is 0 Å². The molecule has 2 rings (SSSR count). The lowest BCUT2D eigenvalue weighted by Crippen LogP contribution is -2.24. The molecule has 1 aromatic carbocycles. The van der Waals surface area contributed by atoms with E-state index in [-0.39, 0.29) is 0 Å². The predicted molar refractivity (Wildman–Crippen MR) is 66.4 cm³/mol. The summed E-state index contributed by atoms with van der Waals surface area (Å²) in [5, 5.41) is 3.52. The van der Waals surface area contributed by atoms with E-state index in [0.717, 1.165) is 26.2 Å². The maximum atomic E-state index is 5.41. The Hall–Kier alpha value is -1.12. The molecule has 0 radical (unpaired) electrons. The zero-order valence-electron chi connectivity index (χ0n) is 9.78. The van der Waals surface area contributed by atoms with E-state index < -0.39 is 0 Å². The van der Waals surface area contributed by atoms with Crippen LogP contribution in [0.1, 0.15) is 24.9 Å². The molecule has 1 atom stereocenters. The quantitative estimate of drug-likeness (QED) is 0.783. The molecule has 2 nitrogen and oxygen atoms in total. The monoisotopic (exact) mass is 217 g/mol. The maximum absolute atomic E-state index is 5.41. The number of benzene rings is 1. The van der Waals surface area contributed by atoms with Gasteiger partial charge in [0, 0.05) is 12.6 Å². The standard InChI is InChI=1S/C14H19NO/c1-12(14-7-3-2-4-8-14)15-10-13-6-5-9-16-11-13/h2-4,6-8,12,15H,5,9-11H2,1H3/t12-/m1/s1. The summed E-state index contributed by atoms with van der Waals surface area (Å²) in [6.07, 6.45) is 3.34. The predicted octanol–water partition coefficient (Wildman–Crippen LogP) is 2.68. The van der Waals surface area contributed by atoms with E-state index in [1.54, 1.807) is 0 Å². The van der Waals surface area contributed by atoms with E-state index in [1.165, 1.54) is 11.1 Å². The molecule has 0 saturated carbocycles. The molecule has 0 saturated heterocycles. The van der Waals surface area contributed by atoms with Crippen LogP contribution in [0, 0.1) is 0 Å². The molecule has 1 aromatic rings. The van der Waals surface area contributed by atoms with Crippen LogP contribution in [0.15, 0.2) is 42.0 Å². The Bertz CT molecular complexity index is 345. The Kier molecular flexibility index (Phi) is 4.14. The molecule has 86 valence electrons. The highest BCUT2D eigenvalue weighted by Crippen LogP contribution is 2.12. The van der Waals surface area contributed by atoms with Gasteiger partial charge in [-0.1, -0.05) is 36.4 Å². The highest BCUT2D eigenvalue weighted by molar-refractivity contribution is 5.18. The van der Waals surface area contributed by atoms with E-state index in [0.29, 0.717) is 6.04 Å². The highest BCUT2D eigenvalue weighted by atomic mass is 16.5. The van der Waals surface area contributed by atoms with Crippen molar-refractivity contribution in [3.05, 3.63) is 47.5 Å². The SMILES string of the molecule is C[C@@H](NCC1=CCCOC1)c1ccccc1. The average molecular weight is 217 g/mol. The third kappa shape index (κ3) is 3.19. The number of hydrogen-bond acceptors (Lipinski definition) is 2. The Morgan fingerprint density at radius 2 is 2.12 bits per heavy atom. The topological polar surface area (TPSA) is 21.3 Å². The van der Waals surface area contributed by atoms with E-state index >= 15 is 0 Å². The van der Waals surface area contributed by atoms with E-state index in [1.807, 2.05) is 6.07 Å². The molecule has 0 spiro atoms. The third-order valence-electron chi connectivity index (χ3n) is 2.92. The van der Waals surface area contributed by atoms with Gasteiger partial charge in [0.05, 0.1) is 13.2 Å². The molecule has 16 heavy (non-hydrogen) atoms. The molecule has 0 amide bonds. The van der Waals surface area contributed by atoms with Crippen molar-refractivity contribution in [3.63, 3.8) is 0 Å². The minimum atomic E-state index is 0.393. The first-order valence-corrected chi connectivity index (χ1v) is 5.90. The van der Waals surface area contributed by atoms with Gasteiger partial charge in [0.2, 0.25) is 0 Å². The number of ether oxygens (including phenoxy) is 1. The van der Waals surface area contributed by atoms with Gasteiger partial charge in [-0.3, -0.25) is 0 Å². The van der Waals surface area contributed by atoms with Crippen LogP contribution >= 0.6 is 0 Å². The van der Waals surface area contributed by atoms with E-state index in [4.69, 9.17) is 4.74 Å². The van der Waals surface area contributed by atoms with Gasteiger partial charge in [-0.25, -0.2) is 0 Å². The van der Waals surface area contributed by atoms with Crippen LogP contribution < -0.4 is 5.32 Å². The van der Waals surface area contributed by atoms with Gasteiger partial charge in [0.25, 0.3) is 0 Å². The summed E-state index contributed by atoms with van der Waals surface area (Å²) in [6, 6.07) is 10.9. The fourth-order valence-corrected chi connectivity index (χ4v) is 1.88. The van der Waals surface area contributed by atoms with Crippen LogP contribution in [-0.4, -0.2) is 19.8 Å². The lowest BCUT2D eigenvalue weighted by molar-refractivity contribution is 0.148. The van der Waals surface area contributed by atoms with Crippen molar-refractivity contribution >= 4 is 0 Å². The van der Waals surface area contributed by atoms with Crippen LogP contribution in [0.2, 0.25) is 0 Å². The molecule has 0 aliphatic carbocycles. The van der Waals surface area contributed by atoms with Gasteiger partial charge in [-0.15, -0.1) is 0 Å². The molecular formula is C14H19NO. The fourth-order valence-electron chi connectivity index (χ4n) is 1.88. The summed E-state index contributed by atoms with van der Waals surface area (Å²) in [5.74, 6) is 0. The van der Waals surface area contributed by atoms with Gasteiger partial charge in [-0.05, 0) is 24.5 Å². The van der Waals surface area contributed by atoms with Crippen molar-refractivity contribution in [1.82, 2.24) is 5.32 Å². The zero-order chi connectivity index (χ0) is 11.2. The van der Waals surface area contributed by atoms with Crippen molar-refractivity contribution in [2.75, 3.05) is 19.8 Å². The summed E-state index contributed by atoms with van der Waals surface area (Å²) in [4.78, 5) is 0. The van der Waals surface area contributed by atoms with Crippen molar-refractivity contribution in [2.45, 2.75) is 19.4 Å². The molecule has 0 unspecified atom stereocenters. The Morgan fingerprint density at radius 3 is 2.81 bits per heavy atom. The van der Waals surface area contributed by atoms with Gasteiger partial charge < -0.3 is 10.1 Å². The summed E-state index contributed by atoms with van der Waals surface area (Å²) < 4.78 is 5.41. The second-order valence-electron chi connectivity index (χ2n) is 4.22. The molecule has 2 heteroatoms. The van der Waals surface area contributed by atoms with Crippen LogP contribution in [0.3, 0.4) is 0 Å². The molecule has 1 aliphatic heterocycles. The van der Waals surface area contributed by atoms with Crippen LogP contribution in [0.5, 0.6) is 0 Å². The molecule has 1 heterocycles. The number of hydrogen-bond donors (Lipinski definition) is 1. The Labute approximate surface area is 97.3 Å². The lowest BCUT2D eigenvalue weighted by Gasteiger charge is -2.18. The van der Waals surface area contributed by atoms with Crippen molar-refractivity contribution in [3.8, 4) is 0 Å². The minimum Gasteiger partial charge on any atom is -0.377 e. The largest absolute Gasteiger partial charge is 0.377 e. The third-order valence-corrected chi connectivity index (χ3v) is 2.92. The molecule has 1 aliphatic rings. The van der Waals surface area contributed by atoms with E-state index in [2.05, 4.69) is 42.6 Å². The Balaban J connectivity index is 1.84. The van der Waals surface area contributed by atoms with Gasteiger partial charge in [0.15, 0.2) is 0 Å². The van der Waals surface area contributed by atoms with Crippen LogP contribution in [-0.2, 0) is 4.74 Å². The second kappa shape index (κ2) is 5.83. The number of nitrogens with one attached hydrogen (secondary N) is 1. The normalized spacial score (nSPS) is 17.9. The van der Waals surface area contributed by atoms with Crippen molar-refractivity contribution in [1.29, 1.82) is 0 Å². The fraction of sp³-hybridized carbons (Fsp3) is 0.429. The van der Waals surface area contributed by atoms with Gasteiger partial charge in [0.1, 0.15) is 0 Å². The van der Waals surface area contributed by atoms with Crippen molar-refractivity contribution < 1.29 is 4.74 Å². The molecule has 0 fully saturated rings. The smallest absolute Gasteiger partial charge is 0.0689 e. The van der Waals surface area contributed by atoms with Gasteiger partial charge in [-0.2, -0.15) is 0 Å². The first-order valence-electron chi connectivity index (χ1n) is 5.90. The second-order valence-corrected chi connectivity index (χ2v) is 4.22. The summed E-state index contributed by atoms with van der Waals surface area (Å²) in [5.41, 5.74) is 2.70. The first-order chi connectivity index (χ1) is 7.86. The summed E-state index contributed by atoms with van der Waals surface area (Å²) in [7, 11) is 0. The molecule has 0 aromatic heterocycles. The highest BCUT2D eigenvalue weighted by Gasteiger charge is 2.07. The minimum absolute atomic E-state index is 0.393. The average Bonchev–Trinajstić information content (AvgIpc) is 2.38. The zero-order valence-corrected chi connectivity index (χ0v) is 9.78. The van der Waals surface area contributed by atoms with E-state index in [9.17, 15) is 0 Å². The number of rotatable bonds is 4. The first kappa shape index (κ1) is 11.4. The maximum Gasteiger partial charge on any atom is 0.0689 e. The molecule has 0 bridgehead atoms. The lowest BCUT2D eigenvalue weighted by atomic mass is 10.1. The van der Waals surface area contributed by atoms with Crippen LogP contribution in [0.4, 0.5) is 0 Å². The molecular weight excluding hydrogens is 198 g/mol. The summed E-state index contributed by atoms with van der Waals surface area (Å²) in [6.45, 7) is 4.78. The Morgan fingerprint density at radius 1 is 1.31 bits per heavy atom. The van der Waals surface area contributed by atoms with Crippen LogP contribution in [0.25, 0.3) is 0 Å². The van der Waals surface area contributed by atoms with Crippen molar-refractivity contribution in [2.24, 2.45) is 0 Å². The summed E-state index contributed by atoms with van der Waals surface area (Å²) >= 11 is 0. The molecule has 1 N–H and O–H groups in total.